The SMILES string of the molecule is COc1ccc(-c2cnn3c2NC(=O)C3CC(=O)Nc2ccc(C)c(Cl)c2)cc1. The van der Waals surface area contributed by atoms with Crippen LogP contribution >= 0.6 is 11.6 Å². The molecule has 0 radical (unpaired) electrons. The van der Waals surface area contributed by atoms with Gasteiger partial charge in [0.2, 0.25) is 5.91 Å². The molecule has 2 aromatic carbocycles. The number of benzene rings is 2. The van der Waals surface area contributed by atoms with Gasteiger partial charge in [0.1, 0.15) is 17.6 Å². The number of nitrogens with one attached hydrogen (secondary N) is 2. The molecule has 0 aliphatic carbocycles. The maximum atomic E-state index is 12.5. The molecule has 2 amide bonds. The second-order valence-electron chi connectivity index (χ2n) is 6.80. The summed E-state index contributed by atoms with van der Waals surface area (Å²) in [5, 5.41) is 10.5. The Morgan fingerprint density at radius 2 is 2.03 bits per heavy atom. The molecule has 1 atom stereocenters. The van der Waals surface area contributed by atoms with Crippen LogP contribution in [0.5, 0.6) is 5.75 Å². The van der Waals surface area contributed by atoms with Crippen LogP contribution in [-0.2, 0) is 9.59 Å². The topological polar surface area (TPSA) is 85.2 Å². The van der Waals surface area contributed by atoms with Gasteiger partial charge in [0.25, 0.3) is 5.91 Å². The Hall–Kier alpha value is -3.32. The van der Waals surface area contributed by atoms with Crippen LogP contribution in [0.4, 0.5) is 11.5 Å². The molecule has 0 bridgehead atoms. The quantitative estimate of drug-likeness (QED) is 0.664. The van der Waals surface area contributed by atoms with E-state index in [1.807, 2.05) is 37.3 Å². The maximum Gasteiger partial charge on any atom is 0.251 e. The van der Waals surface area contributed by atoms with Crippen LogP contribution in [-0.4, -0.2) is 28.7 Å². The Bertz CT molecular complexity index is 1090. The van der Waals surface area contributed by atoms with Crippen LogP contribution in [0, 0.1) is 6.92 Å². The summed E-state index contributed by atoms with van der Waals surface area (Å²) < 4.78 is 6.74. The van der Waals surface area contributed by atoms with Gasteiger partial charge in [-0.3, -0.25) is 9.59 Å². The lowest BCUT2D eigenvalue weighted by Crippen LogP contribution is -2.23. The Morgan fingerprint density at radius 1 is 1.28 bits per heavy atom. The average Bonchev–Trinajstić information content (AvgIpc) is 3.24. The highest BCUT2D eigenvalue weighted by atomic mass is 35.5. The zero-order valence-electron chi connectivity index (χ0n) is 15.9. The van der Waals surface area contributed by atoms with Crippen molar-refractivity contribution in [1.82, 2.24) is 9.78 Å². The van der Waals surface area contributed by atoms with Crippen molar-refractivity contribution in [3.8, 4) is 16.9 Å². The van der Waals surface area contributed by atoms with E-state index in [0.717, 1.165) is 22.4 Å². The molecule has 29 heavy (non-hydrogen) atoms. The highest BCUT2D eigenvalue weighted by Gasteiger charge is 2.35. The molecule has 0 fully saturated rings. The first-order valence-corrected chi connectivity index (χ1v) is 9.43. The standard InChI is InChI=1S/C21H19ClN4O3/c1-12-3-6-14(9-17(12)22)24-19(27)10-18-21(28)25-20-16(11-23-26(18)20)13-4-7-15(29-2)8-5-13/h3-9,11,18H,10H2,1-2H3,(H,24,27)(H,25,28). The third kappa shape index (κ3) is 3.69. The zero-order valence-corrected chi connectivity index (χ0v) is 16.7. The van der Waals surface area contributed by atoms with E-state index in [2.05, 4.69) is 15.7 Å². The molecule has 1 unspecified atom stereocenters. The summed E-state index contributed by atoms with van der Waals surface area (Å²) in [6.45, 7) is 1.89. The number of nitrogens with zero attached hydrogens (tertiary/aromatic N) is 2. The normalized spacial score (nSPS) is 15.0. The van der Waals surface area contributed by atoms with Crippen molar-refractivity contribution < 1.29 is 14.3 Å². The first-order chi connectivity index (χ1) is 14.0. The Balaban J connectivity index is 1.52. The molecule has 7 nitrogen and oxygen atoms in total. The molecule has 3 aromatic rings. The number of methoxy groups -OCH3 is 1. The fourth-order valence-electron chi connectivity index (χ4n) is 3.25. The molecule has 1 aromatic heterocycles. The van der Waals surface area contributed by atoms with Crippen LogP contribution in [0.1, 0.15) is 18.0 Å². The van der Waals surface area contributed by atoms with Gasteiger partial charge in [-0.25, -0.2) is 4.68 Å². The maximum absolute atomic E-state index is 12.5. The number of carbonyl (C=O) groups excluding carboxylic acids is 2. The van der Waals surface area contributed by atoms with Crippen molar-refractivity contribution in [2.24, 2.45) is 0 Å². The summed E-state index contributed by atoms with van der Waals surface area (Å²) in [4.78, 5) is 24.9. The minimum absolute atomic E-state index is 0.0337. The minimum Gasteiger partial charge on any atom is -0.497 e. The number of carbonyl (C=O) groups is 2. The van der Waals surface area contributed by atoms with Crippen LogP contribution in [0.3, 0.4) is 0 Å². The molecule has 1 aliphatic heterocycles. The minimum atomic E-state index is -0.710. The third-order valence-corrected chi connectivity index (χ3v) is 5.28. The molecule has 148 valence electrons. The van der Waals surface area contributed by atoms with E-state index >= 15 is 0 Å². The number of amides is 2. The summed E-state index contributed by atoms with van der Waals surface area (Å²) in [5.41, 5.74) is 3.19. The van der Waals surface area contributed by atoms with Gasteiger partial charge in [-0.2, -0.15) is 5.10 Å². The number of halogens is 1. The van der Waals surface area contributed by atoms with E-state index in [1.165, 1.54) is 0 Å². The summed E-state index contributed by atoms with van der Waals surface area (Å²) in [5.74, 6) is 0.767. The van der Waals surface area contributed by atoms with Crippen molar-refractivity contribution in [1.29, 1.82) is 0 Å². The van der Waals surface area contributed by atoms with Gasteiger partial charge in [-0.05, 0) is 42.3 Å². The molecule has 1 aliphatic rings. The number of anilines is 2. The number of hydrogen-bond donors (Lipinski definition) is 2. The van der Waals surface area contributed by atoms with Crippen LogP contribution in [0.2, 0.25) is 5.02 Å². The van der Waals surface area contributed by atoms with Gasteiger partial charge >= 0.3 is 0 Å². The van der Waals surface area contributed by atoms with Crippen molar-refractivity contribution in [3.05, 3.63) is 59.2 Å². The van der Waals surface area contributed by atoms with E-state index in [1.54, 1.807) is 30.1 Å². The smallest absolute Gasteiger partial charge is 0.251 e. The van der Waals surface area contributed by atoms with Crippen molar-refractivity contribution in [2.45, 2.75) is 19.4 Å². The molecule has 0 saturated carbocycles. The molecule has 2 heterocycles. The number of aryl methyl sites for hydroxylation is 1. The van der Waals surface area contributed by atoms with Crippen molar-refractivity contribution in [3.63, 3.8) is 0 Å². The predicted octanol–water partition coefficient (Wildman–Crippen LogP) is 4.04. The van der Waals surface area contributed by atoms with E-state index in [-0.39, 0.29) is 18.2 Å². The predicted molar refractivity (Wildman–Crippen MR) is 111 cm³/mol. The zero-order chi connectivity index (χ0) is 20.5. The average molecular weight is 411 g/mol. The number of rotatable bonds is 5. The van der Waals surface area contributed by atoms with Gasteiger partial charge in [0.15, 0.2) is 0 Å². The second-order valence-corrected chi connectivity index (χ2v) is 7.21. The van der Waals surface area contributed by atoms with Crippen molar-refractivity contribution >= 4 is 34.9 Å². The molecule has 0 spiro atoms. The van der Waals surface area contributed by atoms with Crippen LogP contribution in [0.15, 0.2) is 48.7 Å². The highest BCUT2D eigenvalue weighted by Crippen LogP contribution is 2.36. The summed E-state index contributed by atoms with van der Waals surface area (Å²) in [6, 6.07) is 12.0. The Morgan fingerprint density at radius 3 is 2.72 bits per heavy atom. The van der Waals surface area contributed by atoms with Gasteiger partial charge in [0.05, 0.1) is 19.7 Å². The summed E-state index contributed by atoms with van der Waals surface area (Å²) in [6.07, 6.45) is 1.65. The van der Waals surface area contributed by atoms with Gasteiger partial charge in [-0.1, -0.05) is 29.8 Å². The second kappa shape index (κ2) is 7.60. The Kier molecular flexibility index (Phi) is 4.98. The van der Waals surface area contributed by atoms with E-state index in [9.17, 15) is 9.59 Å². The fourth-order valence-corrected chi connectivity index (χ4v) is 3.43. The van der Waals surface area contributed by atoms with Crippen LogP contribution in [0.25, 0.3) is 11.1 Å². The molecular formula is C21H19ClN4O3. The number of fused-ring (bicyclic) bond motifs is 1. The lowest BCUT2D eigenvalue weighted by Gasteiger charge is -2.10. The monoisotopic (exact) mass is 410 g/mol. The van der Waals surface area contributed by atoms with E-state index in [4.69, 9.17) is 16.3 Å². The highest BCUT2D eigenvalue weighted by molar-refractivity contribution is 6.31. The molecule has 8 heteroatoms. The van der Waals surface area contributed by atoms with E-state index < -0.39 is 6.04 Å². The Labute approximate surface area is 172 Å². The summed E-state index contributed by atoms with van der Waals surface area (Å²) >= 11 is 6.10. The number of aromatic nitrogens is 2. The lowest BCUT2D eigenvalue weighted by molar-refractivity contribution is -0.123. The van der Waals surface area contributed by atoms with Crippen LogP contribution < -0.4 is 15.4 Å². The lowest BCUT2D eigenvalue weighted by atomic mass is 10.1. The van der Waals surface area contributed by atoms with Crippen molar-refractivity contribution in [2.75, 3.05) is 17.7 Å². The van der Waals surface area contributed by atoms with Gasteiger partial charge in [-0.15, -0.1) is 0 Å². The molecule has 0 saturated heterocycles. The number of hydrogen-bond acceptors (Lipinski definition) is 4. The van der Waals surface area contributed by atoms with Gasteiger partial charge in [0, 0.05) is 16.3 Å². The number of ether oxygens (including phenoxy) is 1. The first kappa shape index (κ1) is 19.0. The largest absolute Gasteiger partial charge is 0.497 e. The fraction of sp³-hybridized carbons (Fsp3) is 0.190. The third-order valence-electron chi connectivity index (χ3n) is 4.87. The van der Waals surface area contributed by atoms with Gasteiger partial charge < -0.3 is 15.4 Å². The summed E-state index contributed by atoms with van der Waals surface area (Å²) in [7, 11) is 1.60. The molecule has 4 rings (SSSR count). The first-order valence-electron chi connectivity index (χ1n) is 9.05. The van der Waals surface area contributed by atoms with E-state index in [0.29, 0.717) is 16.5 Å². The molecule has 2 N–H and O–H groups in total. The molecular weight excluding hydrogens is 392 g/mol.